The molecule has 0 aliphatic rings. The van der Waals surface area contributed by atoms with Crippen molar-refractivity contribution in [1.82, 2.24) is 9.38 Å². The van der Waals surface area contributed by atoms with Crippen LogP contribution in [0.3, 0.4) is 0 Å². The molecule has 0 saturated carbocycles. The molecular weight excluding hydrogens is 276 g/mol. The number of hydrogen-bond donors (Lipinski definition) is 1. The molecule has 3 rings (SSSR count). The second-order valence-electron chi connectivity index (χ2n) is 4.64. The smallest absolute Gasteiger partial charge is 0.255 e. The van der Waals surface area contributed by atoms with Crippen molar-refractivity contribution in [1.29, 1.82) is 0 Å². The second kappa shape index (κ2) is 4.97. The van der Waals surface area contributed by atoms with Crippen LogP contribution in [-0.4, -0.2) is 15.3 Å². The number of carbonyl (C=O) groups excluding carboxylic acids is 1. The summed E-state index contributed by atoms with van der Waals surface area (Å²) in [5.74, 6) is -1.84. The average molecular weight is 287 g/mol. The van der Waals surface area contributed by atoms with Gasteiger partial charge in [0.2, 0.25) is 0 Å². The van der Waals surface area contributed by atoms with Crippen LogP contribution in [0.2, 0.25) is 0 Å². The summed E-state index contributed by atoms with van der Waals surface area (Å²) in [6, 6.07) is 6.06. The average Bonchev–Trinajstić information content (AvgIpc) is 2.81. The number of halogens is 2. The number of aromatic nitrogens is 2. The molecule has 3 aromatic rings. The molecule has 4 nitrogen and oxygen atoms in total. The number of amides is 1. The van der Waals surface area contributed by atoms with Crippen molar-refractivity contribution in [3.8, 4) is 0 Å². The summed E-state index contributed by atoms with van der Waals surface area (Å²) >= 11 is 0. The van der Waals surface area contributed by atoms with E-state index in [-0.39, 0.29) is 5.69 Å². The molecule has 2 aromatic heterocycles. The fraction of sp³-hybridized carbons (Fsp3) is 0.0667. The lowest BCUT2D eigenvalue weighted by atomic mass is 10.2. The first kappa shape index (κ1) is 13.2. The van der Waals surface area contributed by atoms with Crippen molar-refractivity contribution >= 4 is 17.2 Å². The van der Waals surface area contributed by atoms with Crippen LogP contribution in [-0.2, 0) is 0 Å². The molecule has 0 saturated heterocycles. The van der Waals surface area contributed by atoms with Gasteiger partial charge in [-0.15, -0.1) is 0 Å². The molecule has 1 amide bonds. The van der Waals surface area contributed by atoms with E-state index in [1.807, 2.05) is 13.1 Å². The molecule has 6 heteroatoms. The minimum atomic E-state index is -0.692. The molecule has 1 N–H and O–H groups in total. The normalized spacial score (nSPS) is 10.8. The SMILES string of the molecule is Cc1cn2ccc(C(=O)Nc3cc(F)ccc3F)cc2n1. The summed E-state index contributed by atoms with van der Waals surface area (Å²) in [6.45, 7) is 1.84. The van der Waals surface area contributed by atoms with E-state index in [1.165, 1.54) is 0 Å². The van der Waals surface area contributed by atoms with Gasteiger partial charge in [-0.2, -0.15) is 0 Å². The Morgan fingerprint density at radius 2 is 2.05 bits per heavy atom. The van der Waals surface area contributed by atoms with E-state index in [2.05, 4.69) is 10.3 Å². The standard InChI is InChI=1S/C15H11F2N3O/c1-9-8-20-5-4-10(6-14(20)18-9)15(21)19-13-7-11(16)2-3-12(13)17/h2-8H,1H3,(H,19,21). The Kier molecular flexibility index (Phi) is 3.13. The van der Waals surface area contributed by atoms with Gasteiger partial charge >= 0.3 is 0 Å². The Morgan fingerprint density at radius 3 is 2.86 bits per heavy atom. The Balaban J connectivity index is 1.91. The number of anilines is 1. The van der Waals surface area contributed by atoms with Crippen molar-refractivity contribution < 1.29 is 13.6 Å². The molecule has 0 aliphatic heterocycles. The Hall–Kier alpha value is -2.76. The van der Waals surface area contributed by atoms with Crippen LogP contribution < -0.4 is 5.32 Å². The van der Waals surface area contributed by atoms with Gasteiger partial charge in [-0.25, -0.2) is 13.8 Å². The first-order valence-corrected chi connectivity index (χ1v) is 6.25. The second-order valence-corrected chi connectivity index (χ2v) is 4.64. The number of pyridine rings is 1. The number of benzene rings is 1. The molecule has 0 spiro atoms. The predicted molar refractivity (Wildman–Crippen MR) is 74.2 cm³/mol. The summed E-state index contributed by atoms with van der Waals surface area (Å²) < 4.78 is 28.4. The number of rotatable bonds is 2. The molecule has 0 bridgehead atoms. The monoisotopic (exact) mass is 287 g/mol. The van der Waals surface area contributed by atoms with Crippen molar-refractivity contribution in [2.75, 3.05) is 5.32 Å². The van der Waals surface area contributed by atoms with Gasteiger partial charge in [-0.3, -0.25) is 4.79 Å². The lowest BCUT2D eigenvalue weighted by Gasteiger charge is -2.06. The van der Waals surface area contributed by atoms with Crippen molar-refractivity contribution in [2.45, 2.75) is 6.92 Å². The zero-order valence-electron chi connectivity index (χ0n) is 11.1. The highest BCUT2D eigenvalue weighted by Gasteiger charge is 2.11. The van der Waals surface area contributed by atoms with Crippen LogP contribution in [0.15, 0.2) is 42.7 Å². The topological polar surface area (TPSA) is 46.4 Å². The summed E-state index contributed by atoms with van der Waals surface area (Å²) in [4.78, 5) is 16.3. The summed E-state index contributed by atoms with van der Waals surface area (Å²) in [6.07, 6.45) is 3.51. The van der Waals surface area contributed by atoms with Crippen LogP contribution >= 0.6 is 0 Å². The highest BCUT2D eigenvalue weighted by atomic mass is 19.1. The van der Waals surface area contributed by atoms with Crippen LogP contribution in [0.25, 0.3) is 5.65 Å². The number of carbonyl (C=O) groups is 1. The fourth-order valence-electron chi connectivity index (χ4n) is 2.04. The van der Waals surface area contributed by atoms with E-state index >= 15 is 0 Å². The lowest BCUT2D eigenvalue weighted by molar-refractivity contribution is 0.102. The number of nitrogens with zero attached hydrogens (tertiary/aromatic N) is 2. The van der Waals surface area contributed by atoms with E-state index in [1.54, 1.807) is 22.7 Å². The zero-order valence-corrected chi connectivity index (χ0v) is 11.1. The van der Waals surface area contributed by atoms with Crippen LogP contribution in [0.5, 0.6) is 0 Å². The third kappa shape index (κ3) is 2.60. The number of aryl methyl sites for hydroxylation is 1. The molecule has 106 valence electrons. The number of nitrogens with one attached hydrogen (secondary N) is 1. The Bertz CT molecular complexity index is 842. The quantitative estimate of drug-likeness (QED) is 0.787. The van der Waals surface area contributed by atoms with Gasteiger partial charge in [0, 0.05) is 24.0 Å². The van der Waals surface area contributed by atoms with Gasteiger partial charge in [0.25, 0.3) is 5.91 Å². The van der Waals surface area contributed by atoms with E-state index in [0.717, 1.165) is 23.9 Å². The maximum Gasteiger partial charge on any atom is 0.255 e. The van der Waals surface area contributed by atoms with Crippen molar-refractivity contribution in [3.63, 3.8) is 0 Å². The minimum Gasteiger partial charge on any atom is -0.319 e. The maximum atomic E-state index is 13.5. The fourth-order valence-corrected chi connectivity index (χ4v) is 2.04. The van der Waals surface area contributed by atoms with Gasteiger partial charge in [-0.05, 0) is 31.2 Å². The molecule has 2 heterocycles. The first-order valence-electron chi connectivity index (χ1n) is 6.25. The van der Waals surface area contributed by atoms with E-state index in [4.69, 9.17) is 0 Å². The van der Waals surface area contributed by atoms with Crippen LogP contribution in [0.1, 0.15) is 16.1 Å². The minimum absolute atomic E-state index is 0.195. The number of imidazole rings is 1. The zero-order chi connectivity index (χ0) is 15.0. The van der Waals surface area contributed by atoms with Gasteiger partial charge < -0.3 is 9.72 Å². The van der Waals surface area contributed by atoms with E-state index in [0.29, 0.717) is 11.2 Å². The molecule has 0 unspecified atom stereocenters. The molecule has 0 atom stereocenters. The number of hydrogen-bond acceptors (Lipinski definition) is 2. The first-order chi connectivity index (χ1) is 10.0. The van der Waals surface area contributed by atoms with Crippen LogP contribution in [0, 0.1) is 18.6 Å². The van der Waals surface area contributed by atoms with E-state index in [9.17, 15) is 13.6 Å². The molecule has 0 aliphatic carbocycles. The Morgan fingerprint density at radius 1 is 1.24 bits per heavy atom. The summed E-state index contributed by atoms with van der Waals surface area (Å²) in [5.41, 5.74) is 1.56. The van der Waals surface area contributed by atoms with Gasteiger partial charge in [0.1, 0.15) is 17.3 Å². The molecule has 1 aromatic carbocycles. The molecular formula is C15H11F2N3O. The van der Waals surface area contributed by atoms with Crippen molar-refractivity contribution in [3.05, 3.63) is 65.6 Å². The van der Waals surface area contributed by atoms with Gasteiger partial charge in [0.05, 0.1) is 11.4 Å². The number of fused-ring (bicyclic) bond motifs is 1. The lowest BCUT2D eigenvalue weighted by Crippen LogP contribution is -2.13. The van der Waals surface area contributed by atoms with Gasteiger partial charge in [0.15, 0.2) is 0 Å². The molecule has 0 fully saturated rings. The van der Waals surface area contributed by atoms with Gasteiger partial charge in [-0.1, -0.05) is 0 Å². The molecule has 0 radical (unpaired) electrons. The van der Waals surface area contributed by atoms with Crippen LogP contribution in [0.4, 0.5) is 14.5 Å². The largest absolute Gasteiger partial charge is 0.319 e. The third-order valence-corrected chi connectivity index (χ3v) is 3.02. The predicted octanol–water partition coefficient (Wildman–Crippen LogP) is 3.17. The molecule has 21 heavy (non-hydrogen) atoms. The maximum absolute atomic E-state index is 13.5. The third-order valence-electron chi connectivity index (χ3n) is 3.02. The Labute approximate surface area is 119 Å². The van der Waals surface area contributed by atoms with Crippen molar-refractivity contribution in [2.24, 2.45) is 0 Å². The summed E-state index contributed by atoms with van der Waals surface area (Å²) in [7, 11) is 0. The summed E-state index contributed by atoms with van der Waals surface area (Å²) in [5, 5.41) is 2.35. The highest BCUT2D eigenvalue weighted by molar-refractivity contribution is 6.04. The van der Waals surface area contributed by atoms with E-state index < -0.39 is 17.5 Å². The highest BCUT2D eigenvalue weighted by Crippen LogP contribution is 2.17.